The highest BCUT2D eigenvalue weighted by molar-refractivity contribution is 5.76. The maximum absolute atomic E-state index is 13.0. The third-order valence-electron chi connectivity index (χ3n) is 8.25. The number of fused-ring (bicyclic) bond motifs is 2. The zero-order chi connectivity index (χ0) is 27.1. The number of piperidine rings is 1. The van der Waals surface area contributed by atoms with Crippen LogP contribution in [0.5, 0.6) is 0 Å². The molecule has 4 aromatic rings. The quantitative estimate of drug-likeness (QED) is 0.390. The first-order chi connectivity index (χ1) is 18.8. The second-order valence-electron chi connectivity index (χ2n) is 10.6. The van der Waals surface area contributed by atoms with E-state index in [1.165, 1.54) is 17.8 Å². The number of para-hydroxylation sites is 2. The van der Waals surface area contributed by atoms with Crippen LogP contribution in [0.4, 0.5) is 13.2 Å². The van der Waals surface area contributed by atoms with Crippen molar-refractivity contribution in [2.45, 2.75) is 51.0 Å². The molecule has 2 aliphatic heterocycles. The first kappa shape index (κ1) is 25.9. The number of likely N-dealkylation sites (tertiary alicyclic amines) is 1. The molecule has 0 atom stereocenters. The molecular weight excluding hydrogens is 505 g/mol. The number of hydrogen-bond donors (Lipinski definition) is 1. The smallest absolute Gasteiger partial charge is 0.312 e. The number of aromatic nitrogens is 4. The van der Waals surface area contributed by atoms with Crippen molar-refractivity contribution in [2.24, 2.45) is 7.05 Å². The molecule has 39 heavy (non-hydrogen) atoms. The molecule has 0 spiro atoms. The molecule has 0 saturated carbocycles. The molecule has 0 amide bonds. The van der Waals surface area contributed by atoms with Crippen LogP contribution in [0.3, 0.4) is 0 Å². The molecule has 0 bridgehead atoms. The molecule has 1 N–H and O–H groups in total. The van der Waals surface area contributed by atoms with E-state index in [9.17, 15) is 18.0 Å². The molecule has 206 valence electrons. The molecule has 0 radical (unpaired) electrons. The van der Waals surface area contributed by atoms with Gasteiger partial charge in [0.15, 0.2) is 0 Å². The van der Waals surface area contributed by atoms with Gasteiger partial charge >= 0.3 is 11.9 Å². The highest BCUT2D eigenvalue weighted by atomic mass is 19.4. The van der Waals surface area contributed by atoms with E-state index in [-0.39, 0.29) is 11.7 Å². The van der Waals surface area contributed by atoms with Crippen LogP contribution in [0.1, 0.15) is 42.1 Å². The van der Waals surface area contributed by atoms with Gasteiger partial charge in [-0.2, -0.15) is 18.3 Å². The molecule has 2 aliphatic rings. The van der Waals surface area contributed by atoms with E-state index in [1.807, 2.05) is 35.9 Å². The highest BCUT2D eigenvalue weighted by Gasteiger charge is 2.31. The van der Waals surface area contributed by atoms with Gasteiger partial charge in [-0.1, -0.05) is 24.3 Å². The van der Waals surface area contributed by atoms with Gasteiger partial charge in [-0.05, 0) is 50.1 Å². The summed E-state index contributed by atoms with van der Waals surface area (Å²) in [6, 6.07) is 13.5. The number of imidazole rings is 1. The van der Waals surface area contributed by atoms with Crippen molar-refractivity contribution in [3.63, 3.8) is 0 Å². The van der Waals surface area contributed by atoms with E-state index >= 15 is 0 Å². The number of nitrogens with one attached hydrogen (secondary N) is 1. The number of benzene rings is 2. The summed E-state index contributed by atoms with van der Waals surface area (Å²) in [5.41, 5.74) is 5.13. The third-order valence-corrected chi connectivity index (χ3v) is 8.25. The first-order valence-electron chi connectivity index (χ1n) is 13.7. The summed E-state index contributed by atoms with van der Waals surface area (Å²) >= 11 is 0. The van der Waals surface area contributed by atoms with Crippen LogP contribution in [0.2, 0.25) is 0 Å². The number of alkyl halides is 3. The lowest BCUT2D eigenvalue weighted by Gasteiger charge is -2.32. The number of rotatable bonds is 6. The number of halogens is 3. The first-order valence-corrected chi connectivity index (χ1v) is 13.7. The van der Waals surface area contributed by atoms with Crippen molar-refractivity contribution in [3.05, 3.63) is 75.8 Å². The van der Waals surface area contributed by atoms with Crippen molar-refractivity contribution in [3.8, 4) is 11.3 Å². The van der Waals surface area contributed by atoms with Gasteiger partial charge in [0.2, 0.25) is 0 Å². The van der Waals surface area contributed by atoms with E-state index in [4.69, 9.17) is 5.10 Å². The minimum atomic E-state index is -4.35. The standard InChI is InChI=1S/C29H33F3N6O/c1-35-25-5-2-3-6-26(25)38(28(35)39)22-12-17-36(18-13-22)15-4-16-37-24-11-14-33-19-23(24)27(34-37)20-7-9-21(10-8-20)29(30,31)32/h2-3,5-10,22,33H,4,11-19H2,1H3. The summed E-state index contributed by atoms with van der Waals surface area (Å²) in [5, 5.41) is 8.24. The Labute approximate surface area is 224 Å². The Morgan fingerprint density at radius 1 is 1.00 bits per heavy atom. The minimum Gasteiger partial charge on any atom is -0.312 e. The van der Waals surface area contributed by atoms with Gasteiger partial charge < -0.3 is 10.2 Å². The third kappa shape index (κ3) is 4.91. The predicted molar refractivity (Wildman–Crippen MR) is 145 cm³/mol. The Bertz CT molecular complexity index is 1520. The Morgan fingerprint density at radius 2 is 1.72 bits per heavy atom. The average molecular weight is 539 g/mol. The van der Waals surface area contributed by atoms with Crippen molar-refractivity contribution in [1.29, 1.82) is 0 Å². The normalized spacial score (nSPS) is 17.1. The van der Waals surface area contributed by atoms with E-state index in [2.05, 4.69) is 14.9 Å². The molecule has 4 heterocycles. The van der Waals surface area contributed by atoms with Gasteiger partial charge in [0, 0.05) is 69.1 Å². The lowest BCUT2D eigenvalue weighted by Crippen LogP contribution is -2.38. The lowest BCUT2D eigenvalue weighted by molar-refractivity contribution is -0.137. The largest absolute Gasteiger partial charge is 0.416 e. The molecule has 1 fully saturated rings. The molecule has 2 aromatic heterocycles. The van der Waals surface area contributed by atoms with Crippen molar-refractivity contribution in [2.75, 3.05) is 26.2 Å². The SMILES string of the molecule is Cn1c(=O)n(C2CCN(CCCn3nc(-c4ccc(C(F)(F)F)cc4)c4c3CCNC4)CC2)c2ccccc21. The zero-order valence-corrected chi connectivity index (χ0v) is 22.0. The van der Waals surface area contributed by atoms with Gasteiger partial charge in [-0.15, -0.1) is 0 Å². The van der Waals surface area contributed by atoms with Crippen molar-refractivity contribution >= 4 is 11.0 Å². The number of hydrogen-bond acceptors (Lipinski definition) is 4. The van der Waals surface area contributed by atoms with Crippen LogP contribution in [0, 0.1) is 0 Å². The van der Waals surface area contributed by atoms with Crippen LogP contribution in [-0.4, -0.2) is 50.0 Å². The monoisotopic (exact) mass is 538 g/mol. The van der Waals surface area contributed by atoms with E-state index in [0.29, 0.717) is 12.1 Å². The Morgan fingerprint density at radius 3 is 2.44 bits per heavy atom. The van der Waals surface area contributed by atoms with Crippen LogP contribution in [0.15, 0.2) is 53.3 Å². The Hall–Kier alpha value is -3.37. The van der Waals surface area contributed by atoms with Crippen molar-refractivity contribution < 1.29 is 13.2 Å². The van der Waals surface area contributed by atoms with E-state index in [0.717, 1.165) is 92.8 Å². The molecule has 0 unspecified atom stereocenters. The maximum Gasteiger partial charge on any atom is 0.416 e. The summed E-state index contributed by atoms with van der Waals surface area (Å²) in [6.07, 6.45) is -0.678. The van der Waals surface area contributed by atoms with Gasteiger partial charge in [-0.25, -0.2) is 4.79 Å². The topological polar surface area (TPSA) is 60.0 Å². The second-order valence-corrected chi connectivity index (χ2v) is 10.6. The van der Waals surface area contributed by atoms with E-state index in [1.54, 1.807) is 4.57 Å². The fraction of sp³-hybridized carbons (Fsp3) is 0.448. The molecule has 6 rings (SSSR count). The summed E-state index contributed by atoms with van der Waals surface area (Å²) in [4.78, 5) is 15.4. The summed E-state index contributed by atoms with van der Waals surface area (Å²) < 4.78 is 44.9. The zero-order valence-electron chi connectivity index (χ0n) is 22.0. The highest BCUT2D eigenvalue weighted by Crippen LogP contribution is 2.33. The number of nitrogens with zero attached hydrogens (tertiary/aromatic N) is 5. The van der Waals surface area contributed by atoms with Crippen LogP contribution in [-0.2, 0) is 32.7 Å². The molecule has 10 heteroatoms. The summed E-state index contributed by atoms with van der Waals surface area (Å²) in [6.45, 7) is 5.14. The van der Waals surface area contributed by atoms with Gasteiger partial charge in [-0.3, -0.25) is 13.8 Å². The van der Waals surface area contributed by atoms with Crippen LogP contribution >= 0.6 is 0 Å². The molecule has 0 aliphatic carbocycles. The lowest BCUT2D eigenvalue weighted by atomic mass is 10.0. The Balaban J connectivity index is 1.10. The van der Waals surface area contributed by atoms with Crippen molar-refractivity contribution in [1.82, 2.24) is 29.1 Å². The second kappa shape index (κ2) is 10.3. The van der Waals surface area contributed by atoms with Crippen LogP contribution in [0.25, 0.3) is 22.3 Å². The average Bonchev–Trinajstić information content (AvgIpc) is 3.44. The van der Waals surface area contributed by atoms with Gasteiger partial charge in [0.1, 0.15) is 0 Å². The molecule has 7 nitrogen and oxygen atoms in total. The maximum atomic E-state index is 13.0. The molecule has 1 saturated heterocycles. The van der Waals surface area contributed by atoms with Gasteiger partial charge in [0.25, 0.3) is 0 Å². The fourth-order valence-electron chi connectivity index (χ4n) is 6.17. The summed E-state index contributed by atoms with van der Waals surface area (Å²) in [7, 11) is 1.84. The van der Waals surface area contributed by atoms with E-state index < -0.39 is 11.7 Å². The Kier molecular flexibility index (Phi) is 6.84. The summed E-state index contributed by atoms with van der Waals surface area (Å²) in [5.74, 6) is 0. The molecule has 2 aromatic carbocycles. The fourth-order valence-corrected chi connectivity index (χ4v) is 6.17. The van der Waals surface area contributed by atoms with Crippen LogP contribution < -0.4 is 11.0 Å². The minimum absolute atomic E-state index is 0.0523. The molecular formula is C29H33F3N6O. The predicted octanol–water partition coefficient (Wildman–Crippen LogP) is 4.60. The number of aryl methyl sites for hydroxylation is 2. The van der Waals surface area contributed by atoms with Gasteiger partial charge in [0.05, 0.1) is 22.3 Å².